The summed E-state index contributed by atoms with van der Waals surface area (Å²) < 4.78 is 7.87. The van der Waals surface area contributed by atoms with Crippen LogP contribution in [0.3, 0.4) is 0 Å². The SMILES string of the molecule is CCCn1ncc(NC2CC3CCC2O3)c(Br)c1=O. The Kier molecular flexibility index (Phi) is 3.62. The van der Waals surface area contributed by atoms with Crippen LogP contribution in [0.15, 0.2) is 15.5 Å². The zero-order valence-electron chi connectivity index (χ0n) is 10.9. The molecule has 2 bridgehead atoms. The summed E-state index contributed by atoms with van der Waals surface area (Å²) in [5.74, 6) is 0. The van der Waals surface area contributed by atoms with Gasteiger partial charge in [0.2, 0.25) is 0 Å². The summed E-state index contributed by atoms with van der Waals surface area (Å²) in [6.45, 7) is 2.68. The molecule has 6 heteroatoms. The van der Waals surface area contributed by atoms with Crippen molar-refractivity contribution in [2.75, 3.05) is 5.32 Å². The van der Waals surface area contributed by atoms with Crippen molar-refractivity contribution in [3.8, 4) is 0 Å². The van der Waals surface area contributed by atoms with Gasteiger partial charge in [0.05, 0.1) is 30.1 Å². The lowest BCUT2D eigenvalue weighted by molar-refractivity contribution is 0.102. The van der Waals surface area contributed by atoms with E-state index in [1.165, 1.54) is 11.1 Å². The number of hydrogen-bond acceptors (Lipinski definition) is 4. The van der Waals surface area contributed by atoms with Crippen molar-refractivity contribution >= 4 is 21.6 Å². The van der Waals surface area contributed by atoms with Crippen LogP contribution >= 0.6 is 15.9 Å². The second-order valence-electron chi connectivity index (χ2n) is 5.26. The first-order chi connectivity index (χ1) is 9.19. The van der Waals surface area contributed by atoms with Crippen molar-refractivity contribution in [2.45, 2.75) is 57.4 Å². The average Bonchev–Trinajstić information content (AvgIpc) is 3.01. The van der Waals surface area contributed by atoms with Crippen LogP contribution in [0, 0.1) is 0 Å². The van der Waals surface area contributed by atoms with E-state index in [0.717, 1.165) is 24.9 Å². The second-order valence-corrected chi connectivity index (χ2v) is 6.05. The van der Waals surface area contributed by atoms with E-state index in [1.807, 2.05) is 6.92 Å². The van der Waals surface area contributed by atoms with Crippen molar-refractivity contribution in [3.63, 3.8) is 0 Å². The van der Waals surface area contributed by atoms with Gasteiger partial charge in [0, 0.05) is 6.54 Å². The minimum Gasteiger partial charge on any atom is -0.377 e. The molecule has 3 rings (SSSR count). The molecule has 19 heavy (non-hydrogen) atoms. The normalized spacial score (nSPS) is 28.8. The Bertz CT molecular complexity index is 531. The summed E-state index contributed by atoms with van der Waals surface area (Å²) in [4.78, 5) is 12.1. The first kappa shape index (κ1) is 13.1. The molecule has 1 aromatic rings. The zero-order chi connectivity index (χ0) is 13.4. The average molecular weight is 328 g/mol. The maximum atomic E-state index is 12.1. The highest BCUT2D eigenvalue weighted by atomic mass is 79.9. The van der Waals surface area contributed by atoms with Crippen molar-refractivity contribution < 1.29 is 4.74 Å². The van der Waals surface area contributed by atoms with Gasteiger partial charge in [0.25, 0.3) is 5.56 Å². The maximum absolute atomic E-state index is 12.1. The number of anilines is 1. The molecule has 3 atom stereocenters. The Morgan fingerprint density at radius 2 is 2.42 bits per heavy atom. The van der Waals surface area contributed by atoms with Crippen molar-refractivity contribution in [1.82, 2.24) is 9.78 Å². The van der Waals surface area contributed by atoms with E-state index < -0.39 is 0 Å². The maximum Gasteiger partial charge on any atom is 0.283 e. The first-order valence-corrected chi connectivity index (χ1v) is 7.66. The Morgan fingerprint density at radius 1 is 1.58 bits per heavy atom. The fraction of sp³-hybridized carbons (Fsp3) is 0.692. The number of fused-ring (bicyclic) bond motifs is 2. The first-order valence-electron chi connectivity index (χ1n) is 6.86. The van der Waals surface area contributed by atoms with Crippen LogP contribution in [0.1, 0.15) is 32.6 Å². The molecule has 0 amide bonds. The van der Waals surface area contributed by atoms with Crippen LogP contribution in [0.5, 0.6) is 0 Å². The Balaban J connectivity index is 1.78. The molecule has 5 nitrogen and oxygen atoms in total. The van der Waals surface area contributed by atoms with Crippen LogP contribution in [0.25, 0.3) is 0 Å². The molecule has 1 N–H and O–H groups in total. The predicted octanol–water partition coefficient (Wildman–Crippen LogP) is 2.15. The summed E-state index contributed by atoms with van der Waals surface area (Å²) in [5.41, 5.74) is 0.703. The van der Waals surface area contributed by atoms with E-state index in [9.17, 15) is 4.79 Å². The van der Waals surface area contributed by atoms with Gasteiger partial charge in [-0.2, -0.15) is 5.10 Å². The third-order valence-corrected chi connectivity index (χ3v) is 4.63. The van der Waals surface area contributed by atoms with E-state index in [4.69, 9.17) is 4.74 Å². The molecule has 2 fully saturated rings. The van der Waals surface area contributed by atoms with Crippen LogP contribution in [0.4, 0.5) is 5.69 Å². The standard InChI is InChI=1S/C13H18BrN3O2/c1-2-5-17-13(18)12(14)10(7-15-17)16-9-6-8-3-4-11(9)19-8/h7-9,11,16H,2-6H2,1H3. The summed E-state index contributed by atoms with van der Waals surface area (Å²) >= 11 is 3.38. The third-order valence-electron chi connectivity index (χ3n) is 3.87. The van der Waals surface area contributed by atoms with E-state index in [2.05, 4.69) is 26.3 Å². The highest BCUT2D eigenvalue weighted by molar-refractivity contribution is 9.10. The molecule has 0 radical (unpaired) electrons. The quantitative estimate of drug-likeness (QED) is 0.920. The van der Waals surface area contributed by atoms with Crippen molar-refractivity contribution in [1.29, 1.82) is 0 Å². The molecule has 104 valence electrons. The van der Waals surface area contributed by atoms with Gasteiger partial charge in [-0.3, -0.25) is 4.79 Å². The highest BCUT2D eigenvalue weighted by Gasteiger charge is 2.40. The number of halogens is 1. The molecule has 2 saturated heterocycles. The van der Waals surface area contributed by atoms with Crippen LogP contribution in [0.2, 0.25) is 0 Å². The van der Waals surface area contributed by atoms with Gasteiger partial charge in [-0.15, -0.1) is 0 Å². The molecule has 0 spiro atoms. The lowest BCUT2D eigenvalue weighted by atomic mass is 9.95. The molecule has 2 aliphatic rings. The van der Waals surface area contributed by atoms with E-state index in [-0.39, 0.29) is 11.7 Å². The van der Waals surface area contributed by atoms with Gasteiger partial charge in [-0.25, -0.2) is 4.68 Å². The molecule has 2 aliphatic heterocycles. The van der Waals surface area contributed by atoms with Crippen LogP contribution < -0.4 is 10.9 Å². The number of rotatable bonds is 4. The molecule has 0 saturated carbocycles. The molecule has 3 heterocycles. The van der Waals surface area contributed by atoms with E-state index >= 15 is 0 Å². The van der Waals surface area contributed by atoms with Gasteiger partial charge in [0.1, 0.15) is 4.47 Å². The van der Waals surface area contributed by atoms with Crippen molar-refractivity contribution in [3.05, 3.63) is 21.0 Å². The fourth-order valence-electron chi connectivity index (χ4n) is 2.93. The van der Waals surface area contributed by atoms with E-state index in [1.54, 1.807) is 6.20 Å². The number of nitrogens with zero attached hydrogens (tertiary/aromatic N) is 2. The Morgan fingerprint density at radius 3 is 3.05 bits per heavy atom. The lowest BCUT2D eigenvalue weighted by Crippen LogP contribution is -2.32. The summed E-state index contributed by atoms with van der Waals surface area (Å²) in [5, 5.41) is 7.61. The smallest absolute Gasteiger partial charge is 0.283 e. The largest absolute Gasteiger partial charge is 0.377 e. The molecule has 3 unspecified atom stereocenters. The number of nitrogens with one attached hydrogen (secondary N) is 1. The molecule has 0 aromatic carbocycles. The summed E-state index contributed by atoms with van der Waals surface area (Å²) in [6.07, 6.45) is 6.61. The molecular weight excluding hydrogens is 310 g/mol. The van der Waals surface area contributed by atoms with Gasteiger partial charge in [-0.05, 0) is 41.6 Å². The minimum atomic E-state index is -0.0732. The molecular formula is C13H18BrN3O2. The van der Waals surface area contributed by atoms with Crippen molar-refractivity contribution in [2.24, 2.45) is 0 Å². The number of aryl methyl sites for hydroxylation is 1. The lowest BCUT2D eigenvalue weighted by Gasteiger charge is -2.21. The van der Waals surface area contributed by atoms with Gasteiger partial charge in [0.15, 0.2) is 0 Å². The second kappa shape index (κ2) is 5.25. The monoisotopic (exact) mass is 327 g/mol. The van der Waals surface area contributed by atoms with E-state index in [0.29, 0.717) is 23.2 Å². The number of hydrogen-bond donors (Lipinski definition) is 1. The van der Waals surface area contributed by atoms with Crippen LogP contribution in [-0.2, 0) is 11.3 Å². The summed E-state index contributed by atoms with van der Waals surface area (Å²) in [7, 11) is 0. The van der Waals surface area contributed by atoms with Crippen LogP contribution in [-0.4, -0.2) is 28.0 Å². The topological polar surface area (TPSA) is 56.1 Å². The summed E-state index contributed by atoms with van der Waals surface area (Å²) in [6, 6.07) is 0.304. The van der Waals surface area contributed by atoms with Gasteiger partial charge in [-0.1, -0.05) is 6.92 Å². The highest BCUT2D eigenvalue weighted by Crippen LogP contribution is 2.36. The number of aromatic nitrogens is 2. The van der Waals surface area contributed by atoms with Gasteiger partial charge >= 0.3 is 0 Å². The fourth-order valence-corrected chi connectivity index (χ4v) is 3.35. The Labute approximate surface area is 120 Å². The third kappa shape index (κ3) is 2.43. The Hall–Kier alpha value is -0.880. The zero-order valence-corrected chi connectivity index (χ0v) is 12.5. The predicted molar refractivity (Wildman–Crippen MR) is 76.4 cm³/mol. The number of ether oxygens (including phenoxy) is 1. The molecule has 1 aromatic heterocycles. The minimum absolute atomic E-state index is 0.0732. The molecule has 0 aliphatic carbocycles. The van der Waals surface area contributed by atoms with Gasteiger partial charge < -0.3 is 10.1 Å².